The Bertz CT molecular complexity index is 1250. The van der Waals surface area contributed by atoms with Crippen LogP contribution in [-0.2, 0) is 11.0 Å². The molecule has 198 valence electrons. The van der Waals surface area contributed by atoms with Crippen LogP contribution in [0.3, 0.4) is 0 Å². The van der Waals surface area contributed by atoms with Crippen LogP contribution in [0.5, 0.6) is 0 Å². The first-order chi connectivity index (χ1) is 17.3. The Kier molecular flexibility index (Phi) is 7.25. The summed E-state index contributed by atoms with van der Waals surface area (Å²) in [6, 6.07) is 5.96. The lowest BCUT2D eigenvalue weighted by molar-refractivity contribution is -0.137. The minimum atomic E-state index is -4.83. The highest BCUT2D eigenvalue weighted by atomic mass is 35.5. The SMILES string of the molecule is CC(NC(=O)C1(NC(=O)c2cc(F)cc(C(F)(F)F)c2)CC1)c1ccc(C(=O)N2CCC[C@@H]2C)cc1Cl. The number of halogens is 5. The lowest BCUT2D eigenvalue weighted by Crippen LogP contribution is -2.49. The summed E-state index contributed by atoms with van der Waals surface area (Å²) in [5.74, 6) is -2.84. The van der Waals surface area contributed by atoms with E-state index in [-0.39, 0.29) is 24.8 Å². The zero-order valence-corrected chi connectivity index (χ0v) is 21.0. The summed E-state index contributed by atoms with van der Waals surface area (Å²) in [6.07, 6.45) is -2.39. The van der Waals surface area contributed by atoms with Gasteiger partial charge in [0.05, 0.1) is 11.6 Å². The van der Waals surface area contributed by atoms with E-state index in [4.69, 9.17) is 11.6 Å². The lowest BCUT2D eigenvalue weighted by Gasteiger charge is -2.23. The van der Waals surface area contributed by atoms with Crippen LogP contribution in [0.2, 0.25) is 5.02 Å². The third-order valence-electron chi connectivity index (χ3n) is 6.90. The quantitative estimate of drug-likeness (QED) is 0.491. The predicted molar refractivity (Wildman–Crippen MR) is 129 cm³/mol. The average Bonchev–Trinajstić information content (AvgIpc) is 3.48. The first-order valence-corrected chi connectivity index (χ1v) is 12.3. The van der Waals surface area contributed by atoms with Crippen molar-refractivity contribution >= 4 is 29.3 Å². The van der Waals surface area contributed by atoms with Crippen molar-refractivity contribution in [3.05, 3.63) is 69.5 Å². The van der Waals surface area contributed by atoms with Crippen molar-refractivity contribution in [1.82, 2.24) is 15.5 Å². The van der Waals surface area contributed by atoms with E-state index < -0.39 is 46.5 Å². The van der Waals surface area contributed by atoms with E-state index in [0.717, 1.165) is 12.8 Å². The van der Waals surface area contributed by atoms with Gasteiger partial charge in [-0.3, -0.25) is 14.4 Å². The van der Waals surface area contributed by atoms with Gasteiger partial charge in [-0.1, -0.05) is 17.7 Å². The topological polar surface area (TPSA) is 78.5 Å². The number of benzene rings is 2. The smallest absolute Gasteiger partial charge is 0.347 e. The molecule has 6 nitrogen and oxygen atoms in total. The lowest BCUT2D eigenvalue weighted by atomic mass is 10.0. The number of carbonyl (C=O) groups excluding carboxylic acids is 3. The highest BCUT2D eigenvalue weighted by molar-refractivity contribution is 6.31. The summed E-state index contributed by atoms with van der Waals surface area (Å²) in [6.45, 7) is 4.37. The maximum atomic E-state index is 13.7. The minimum absolute atomic E-state index is 0.110. The number of nitrogens with one attached hydrogen (secondary N) is 2. The number of likely N-dealkylation sites (tertiary alicyclic amines) is 1. The molecular formula is C26H26ClF4N3O3. The predicted octanol–water partition coefficient (Wildman–Crippen LogP) is 5.26. The van der Waals surface area contributed by atoms with Gasteiger partial charge in [0.25, 0.3) is 11.8 Å². The Morgan fingerprint density at radius 1 is 1.11 bits per heavy atom. The first kappa shape index (κ1) is 26.9. The van der Waals surface area contributed by atoms with Crippen LogP contribution in [-0.4, -0.2) is 40.7 Å². The number of carbonyl (C=O) groups is 3. The molecule has 2 aliphatic rings. The molecule has 2 aromatic rings. The summed E-state index contributed by atoms with van der Waals surface area (Å²) in [5, 5.41) is 5.51. The molecule has 1 saturated heterocycles. The number of hydrogen-bond donors (Lipinski definition) is 2. The van der Waals surface area contributed by atoms with E-state index in [2.05, 4.69) is 10.6 Å². The molecular weight excluding hydrogens is 514 g/mol. The molecule has 3 amide bonds. The molecule has 11 heteroatoms. The van der Waals surface area contributed by atoms with E-state index in [1.807, 2.05) is 6.92 Å². The standard InChI is InChI=1S/C26H26ClF4N3O3/c1-14-4-3-9-34(14)23(36)16-5-6-20(21(27)12-16)15(2)32-24(37)25(7-8-25)33-22(35)17-10-18(26(29,30)31)13-19(28)11-17/h5-6,10-15H,3-4,7-9H2,1-2H3,(H,32,37)(H,33,35)/t14-,15?/m0/s1. The third kappa shape index (κ3) is 5.74. The molecule has 1 heterocycles. The van der Waals surface area contributed by atoms with Crippen molar-refractivity contribution in [2.24, 2.45) is 0 Å². The molecule has 4 rings (SSSR count). The van der Waals surface area contributed by atoms with E-state index >= 15 is 0 Å². The molecule has 2 aromatic carbocycles. The minimum Gasteiger partial charge on any atom is -0.347 e. The van der Waals surface area contributed by atoms with Gasteiger partial charge >= 0.3 is 6.18 Å². The van der Waals surface area contributed by atoms with Crippen molar-refractivity contribution < 1.29 is 31.9 Å². The monoisotopic (exact) mass is 539 g/mol. The average molecular weight is 540 g/mol. The Hall–Kier alpha value is -3.14. The van der Waals surface area contributed by atoms with Crippen LogP contribution in [0.4, 0.5) is 17.6 Å². The van der Waals surface area contributed by atoms with Crippen molar-refractivity contribution in [2.45, 2.75) is 63.3 Å². The number of amides is 3. The van der Waals surface area contributed by atoms with Crippen LogP contribution in [0, 0.1) is 5.82 Å². The van der Waals surface area contributed by atoms with Gasteiger partial charge in [-0.25, -0.2) is 4.39 Å². The van der Waals surface area contributed by atoms with Gasteiger partial charge in [0.1, 0.15) is 11.4 Å². The largest absolute Gasteiger partial charge is 0.416 e. The zero-order chi connectivity index (χ0) is 27.1. The van der Waals surface area contributed by atoms with Crippen LogP contribution in [0.15, 0.2) is 36.4 Å². The fourth-order valence-corrected chi connectivity index (χ4v) is 4.88. The van der Waals surface area contributed by atoms with E-state index in [0.29, 0.717) is 40.9 Å². The second kappa shape index (κ2) is 9.96. The molecule has 1 aliphatic heterocycles. The summed E-state index contributed by atoms with van der Waals surface area (Å²) in [4.78, 5) is 40.2. The van der Waals surface area contributed by atoms with Crippen molar-refractivity contribution in [2.75, 3.05) is 6.54 Å². The van der Waals surface area contributed by atoms with E-state index in [9.17, 15) is 31.9 Å². The summed E-state index contributed by atoms with van der Waals surface area (Å²) >= 11 is 6.44. The van der Waals surface area contributed by atoms with Crippen LogP contribution < -0.4 is 10.6 Å². The molecule has 2 N–H and O–H groups in total. The number of rotatable bonds is 6. The number of nitrogens with zero attached hydrogens (tertiary/aromatic N) is 1. The summed E-state index contributed by atoms with van der Waals surface area (Å²) in [5.41, 5.74) is -2.14. The molecule has 1 unspecified atom stereocenters. The van der Waals surface area contributed by atoms with Crippen molar-refractivity contribution in [3.8, 4) is 0 Å². The van der Waals surface area contributed by atoms with Crippen molar-refractivity contribution in [1.29, 1.82) is 0 Å². The Labute approximate surface area is 216 Å². The number of hydrogen-bond acceptors (Lipinski definition) is 3. The molecule has 0 spiro atoms. The second-order valence-electron chi connectivity index (χ2n) is 9.68. The van der Waals surface area contributed by atoms with Gasteiger partial charge in [-0.05, 0) is 75.4 Å². The Morgan fingerprint density at radius 2 is 1.81 bits per heavy atom. The fraction of sp³-hybridized carbons (Fsp3) is 0.423. The highest BCUT2D eigenvalue weighted by Gasteiger charge is 2.51. The summed E-state index contributed by atoms with van der Waals surface area (Å²) < 4.78 is 52.7. The molecule has 1 saturated carbocycles. The van der Waals surface area contributed by atoms with Gasteiger partial charge in [0.15, 0.2) is 0 Å². The molecule has 1 aliphatic carbocycles. The molecule has 0 aromatic heterocycles. The van der Waals surface area contributed by atoms with Crippen molar-refractivity contribution in [3.63, 3.8) is 0 Å². The maximum absolute atomic E-state index is 13.7. The van der Waals surface area contributed by atoms with Gasteiger partial charge in [0, 0.05) is 28.7 Å². The molecule has 0 bridgehead atoms. The van der Waals surface area contributed by atoms with Gasteiger partial charge in [-0.15, -0.1) is 0 Å². The van der Waals surface area contributed by atoms with Gasteiger partial charge in [0.2, 0.25) is 5.91 Å². The highest BCUT2D eigenvalue weighted by Crippen LogP contribution is 2.37. The van der Waals surface area contributed by atoms with E-state index in [1.54, 1.807) is 30.0 Å². The van der Waals surface area contributed by atoms with Crippen LogP contribution in [0.1, 0.15) is 77.4 Å². The Morgan fingerprint density at radius 3 is 2.38 bits per heavy atom. The van der Waals surface area contributed by atoms with Gasteiger partial charge in [-0.2, -0.15) is 13.2 Å². The molecule has 37 heavy (non-hydrogen) atoms. The van der Waals surface area contributed by atoms with Crippen LogP contribution >= 0.6 is 11.6 Å². The fourth-order valence-electron chi connectivity index (χ4n) is 4.53. The zero-order valence-electron chi connectivity index (χ0n) is 20.2. The van der Waals surface area contributed by atoms with Gasteiger partial charge < -0.3 is 15.5 Å². The number of alkyl halides is 3. The molecule has 0 radical (unpaired) electrons. The van der Waals surface area contributed by atoms with Crippen LogP contribution in [0.25, 0.3) is 0 Å². The first-order valence-electron chi connectivity index (χ1n) is 11.9. The summed E-state index contributed by atoms with van der Waals surface area (Å²) in [7, 11) is 0. The maximum Gasteiger partial charge on any atom is 0.416 e. The van der Waals surface area contributed by atoms with E-state index in [1.165, 1.54) is 0 Å². The molecule has 2 atom stereocenters. The Balaban J connectivity index is 1.43. The second-order valence-corrected chi connectivity index (χ2v) is 10.1. The normalized spacial score (nSPS) is 19.3. The molecule has 2 fully saturated rings. The third-order valence-corrected chi connectivity index (χ3v) is 7.23.